The molecule has 0 radical (unpaired) electrons. The van der Waals surface area contributed by atoms with Crippen molar-refractivity contribution in [2.24, 2.45) is 5.41 Å². The molecule has 0 unspecified atom stereocenters. The third-order valence-corrected chi connectivity index (χ3v) is 4.63. The van der Waals surface area contributed by atoms with Crippen molar-refractivity contribution < 1.29 is 52.3 Å². The molecule has 0 fully saturated rings. The van der Waals surface area contributed by atoms with Crippen LogP contribution in [0.25, 0.3) is 0 Å². The molecule has 0 aliphatic heterocycles. The normalized spacial score (nSPS) is 10.9. The summed E-state index contributed by atoms with van der Waals surface area (Å²) in [5, 5.41) is 0. The molecule has 0 saturated carbocycles. The van der Waals surface area contributed by atoms with Crippen molar-refractivity contribution >= 4 is 17.9 Å². The monoisotopic (exact) mass is 516 g/mol. The summed E-state index contributed by atoms with van der Waals surface area (Å²) in [6.07, 6.45) is 3.98. The lowest BCUT2D eigenvalue weighted by atomic mass is 9.88. The Labute approximate surface area is 213 Å². The summed E-state index contributed by atoms with van der Waals surface area (Å²) < 4.78 is 42.7. The summed E-state index contributed by atoms with van der Waals surface area (Å²) in [5.41, 5.74) is -0.443. The van der Waals surface area contributed by atoms with Crippen LogP contribution in [0.2, 0.25) is 0 Å². The maximum absolute atomic E-state index is 11.1. The van der Waals surface area contributed by atoms with Crippen LogP contribution in [0, 0.1) is 5.41 Å². The van der Waals surface area contributed by atoms with E-state index in [9.17, 15) is 14.4 Å². The fourth-order valence-corrected chi connectivity index (χ4v) is 2.52. The molecule has 36 heavy (non-hydrogen) atoms. The van der Waals surface area contributed by atoms with Crippen molar-refractivity contribution in [3.8, 4) is 0 Å². The maximum Gasteiger partial charge on any atom is 0.330 e. The van der Waals surface area contributed by atoms with E-state index >= 15 is 0 Å². The molecule has 206 valence electrons. The molecule has 0 N–H and O–H groups in total. The van der Waals surface area contributed by atoms with Crippen LogP contribution in [0.15, 0.2) is 38.0 Å². The predicted molar refractivity (Wildman–Crippen MR) is 130 cm³/mol. The quantitative estimate of drug-likeness (QED) is 0.0761. The van der Waals surface area contributed by atoms with Gasteiger partial charge in [0, 0.05) is 23.6 Å². The van der Waals surface area contributed by atoms with Crippen molar-refractivity contribution in [1.29, 1.82) is 0 Å². The Hall–Kier alpha value is -2.57. The number of carbonyl (C=O) groups is 3. The lowest BCUT2D eigenvalue weighted by Gasteiger charge is -2.32. The third-order valence-electron chi connectivity index (χ3n) is 4.63. The molecule has 0 aliphatic carbocycles. The SMILES string of the molecule is C=CC(=O)OCCOCCOCC(CC)(COCCOCCOC(=O)C=C)COCCOC(=O)C=C. The lowest BCUT2D eigenvalue weighted by molar-refractivity contribution is -0.141. The number of ether oxygens (including phenoxy) is 8. The van der Waals surface area contributed by atoms with E-state index in [2.05, 4.69) is 19.7 Å². The van der Waals surface area contributed by atoms with Crippen LogP contribution in [0.5, 0.6) is 0 Å². The number of carbonyl (C=O) groups excluding carboxylic acids is 3. The molecule has 11 nitrogen and oxygen atoms in total. The number of esters is 3. The molecular formula is C25H40O11. The highest BCUT2D eigenvalue weighted by Gasteiger charge is 2.30. The third kappa shape index (κ3) is 18.7. The lowest BCUT2D eigenvalue weighted by Crippen LogP contribution is -2.38. The van der Waals surface area contributed by atoms with E-state index in [1.807, 2.05) is 6.92 Å². The molecule has 0 amide bonds. The zero-order valence-corrected chi connectivity index (χ0v) is 21.2. The van der Waals surface area contributed by atoms with Crippen molar-refractivity contribution in [2.45, 2.75) is 13.3 Å². The smallest absolute Gasteiger partial charge is 0.330 e. The highest BCUT2D eigenvalue weighted by atomic mass is 16.6. The van der Waals surface area contributed by atoms with Gasteiger partial charge in [-0.3, -0.25) is 0 Å². The van der Waals surface area contributed by atoms with Gasteiger partial charge in [-0.15, -0.1) is 0 Å². The van der Waals surface area contributed by atoms with Crippen molar-refractivity contribution in [1.82, 2.24) is 0 Å². The summed E-state index contributed by atoms with van der Waals surface area (Å²) in [6.45, 7) is 15.5. The van der Waals surface area contributed by atoms with Crippen LogP contribution in [0.4, 0.5) is 0 Å². The van der Waals surface area contributed by atoms with Gasteiger partial charge in [0.25, 0.3) is 0 Å². The molecule has 0 heterocycles. The molecule has 0 rings (SSSR count). The van der Waals surface area contributed by atoms with Crippen molar-refractivity contribution in [3.05, 3.63) is 38.0 Å². The minimum Gasteiger partial charge on any atom is -0.460 e. The summed E-state index contributed by atoms with van der Waals surface area (Å²) in [5.74, 6) is -1.50. The molecule has 0 aromatic rings. The van der Waals surface area contributed by atoms with Crippen LogP contribution < -0.4 is 0 Å². The molecule has 0 aromatic carbocycles. The van der Waals surface area contributed by atoms with Crippen LogP contribution >= 0.6 is 0 Å². The average Bonchev–Trinajstić information content (AvgIpc) is 2.90. The van der Waals surface area contributed by atoms with Crippen LogP contribution in [-0.4, -0.2) is 104 Å². The Morgan fingerprint density at radius 3 is 1.11 bits per heavy atom. The van der Waals surface area contributed by atoms with E-state index in [0.29, 0.717) is 52.7 Å². The second-order valence-electron chi connectivity index (χ2n) is 7.35. The Balaban J connectivity index is 4.38. The molecule has 0 aromatic heterocycles. The van der Waals surface area contributed by atoms with E-state index in [1.54, 1.807) is 0 Å². The molecule has 0 saturated heterocycles. The highest BCUT2D eigenvalue weighted by Crippen LogP contribution is 2.24. The molecule has 11 heteroatoms. The first-order chi connectivity index (χ1) is 17.4. The van der Waals surface area contributed by atoms with Crippen LogP contribution in [0.3, 0.4) is 0 Å². The van der Waals surface area contributed by atoms with Gasteiger partial charge in [0.05, 0.1) is 66.1 Å². The van der Waals surface area contributed by atoms with Crippen molar-refractivity contribution in [2.75, 3.05) is 85.9 Å². The average molecular weight is 517 g/mol. The van der Waals surface area contributed by atoms with Crippen LogP contribution in [0.1, 0.15) is 13.3 Å². The fourth-order valence-electron chi connectivity index (χ4n) is 2.52. The number of hydrogen-bond acceptors (Lipinski definition) is 11. The van der Waals surface area contributed by atoms with Gasteiger partial charge >= 0.3 is 17.9 Å². The largest absolute Gasteiger partial charge is 0.460 e. The summed E-state index contributed by atoms with van der Waals surface area (Å²) >= 11 is 0. The van der Waals surface area contributed by atoms with E-state index in [4.69, 9.17) is 37.9 Å². The second kappa shape index (κ2) is 22.9. The zero-order valence-electron chi connectivity index (χ0n) is 21.2. The highest BCUT2D eigenvalue weighted by molar-refractivity contribution is 5.81. The molecule has 0 aliphatic rings. The number of hydrogen-bond donors (Lipinski definition) is 0. The molecular weight excluding hydrogens is 476 g/mol. The van der Waals surface area contributed by atoms with Crippen LogP contribution in [-0.2, 0) is 52.3 Å². The zero-order chi connectivity index (χ0) is 26.9. The van der Waals surface area contributed by atoms with Gasteiger partial charge in [-0.2, -0.15) is 0 Å². The second-order valence-corrected chi connectivity index (χ2v) is 7.35. The van der Waals surface area contributed by atoms with Gasteiger partial charge in [0.15, 0.2) is 0 Å². The van der Waals surface area contributed by atoms with Gasteiger partial charge in [-0.25, -0.2) is 14.4 Å². The van der Waals surface area contributed by atoms with Gasteiger partial charge in [-0.05, 0) is 6.42 Å². The Morgan fingerprint density at radius 2 is 0.806 bits per heavy atom. The maximum atomic E-state index is 11.1. The van der Waals surface area contributed by atoms with Gasteiger partial charge in [0.1, 0.15) is 19.8 Å². The molecule has 0 bridgehead atoms. The first kappa shape index (κ1) is 33.4. The number of rotatable bonds is 25. The molecule has 0 atom stereocenters. The Bertz CT molecular complexity index is 612. The fraction of sp³-hybridized carbons (Fsp3) is 0.640. The van der Waals surface area contributed by atoms with E-state index in [1.165, 1.54) is 0 Å². The first-order valence-corrected chi connectivity index (χ1v) is 11.7. The summed E-state index contributed by atoms with van der Waals surface area (Å²) in [6, 6.07) is 0. The van der Waals surface area contributed by atoms with E-state index < -0.39 is 23.3 Å². The van der Waals surface area contributed by atoms with Gasteiger partial charge in [-0.1, -0.05) is 26.7 Å². The van der Waals surface area contributed by atoms with Gasteiger partial charge < -0.3 is 37.9 Å². The topological polar surface area (TPSA) is 125 Å². The first-order valence-electron chi connectivity index (χ1n) is 11.7. The minimum atomic E-state index is -0.509. The van der Waals surface area contributed by atoms with E-state index in [-0.39, 0.29) is 39.6 Å². The molecule has 0 spiro atoms. The predicted octanol–water partition coefficient (Wildman–Crippen LogP) is 1.65. The Kier molecular flexibility index (Phi) is 21.2. The summed E-state index contributed by atoms with van der Waals surface area (Å²) in [4.78, 5) is 33.1. The van der Waals surface area contributed by atoms with Gasteiger partial charge in [0.2, 0.25) is 0 Å². The Morgan fingerprint density at radius 1 is 0.528 bits per heavy atom. The van der Waals surface area contributed by atoms with E-state index in [0.717, 1.165) is 18.2 Å². The minimum absolute atomic E-state index is 0.112. The standard InChI is InChI=1S/C25H40O11/c1-5-22(26)34-16-13-29-9-11-31-19-25(8-4,21-33-15-18-36-24(28)7-3)20-32-12-10-30-14-17-35-23(27)6-2/h5-7H,1-3,8-21H2,4H3. The van der Waals surface area contributed by atoms with Crippen molar-refractivity contribution in [3.63, 3.8) is 0 Å². The summed E-state index contributed by atoms with van der Waals surface area (Å²) in [7, 11) is 0.